The Labute approximate surface area is 98.4 Å². The zero-order valence-electron chi connectivity index (χ0n) is 10.5. The maximum Gasteiger partial charge on any atom is 0.0918 e. The van der Waals surface area contributed by atoms with E-state index >= 15 is 0 Å². The number of nitrogens with two attached hydrogens (primary N) is 1. The lowest BCUT2D eigenvalue weighted by atomic mass is 10.3. The van der Waals surface area contributed by atoms with Crippen molar-refractivity contribution in [1.82, 2.24) is 4.90 Å². The van der Waals surface area contributed by atoms with E-state index in [1.165, 1.54) is 0 Å². The Kier molecular flexibility index (Phi) is 10.4. The number of nitrogens with one attached hydrogen (secondary N) is 1. The topological polar surface area (TPSA) is 71.6 Å². The molecule has 0 fully saturated rings. The fourth-order valence-electron chi connectivity index (χ4n) is 1.31. The lowest BCUT2D eigenvalue weighted by molar-refractivity contribution is 0.0853. The van der Waals surface area contributed by atoms with E-state index in [1.54, 1.807) is 7.11 Å². The maximum absolute atomic E-state index is 7.16. The van der Waals surface area contributed by atoms with Crippen LogP contribution in [0.15, 0.2) is 0 Å². The summed E-state index contributed by atoms with van der Waals surface area (Å²) in [6, 6.07) is 0. The quantitative estimate of drug-likeness (QED) is 0.312. The number of likely N-dealkylation sites (N-methyl/N-ethyl adjacent to an activating group) is 1. The molecule has 0 radical (unpaired) electrons. The molecule has 0 aliphatic rings. The van der Waals surface area contributed by atoms with Crippen molar-refractivity contribution in [2.45, 2.75) is 19.8 Å². The van der Waals surface area contributed by atoms with Crippen LogP contribution in [0.25, 0.3) is 0 Å². The first-order valence-electron chi connectivity index (χ1n) is 5.82. The van der Waals surface area contributed by atoms with Gasteiger partial charge in [-0.15, -0.1) is 0 Å². The van der Waals surface area contributed by atoms with Gasteiger partial charge in [0, 0.05) is 39.8 Å². The van der Waals surface area contributed by atoms with Crippen molar-refractivity contribution in [1.29, 1.82) is 5.41 Å². The predicted molar refractivity (Wildman–Crippen MR) is 66.0 cm³/mol. The molecule has 0 aromatic heterocycles. The third kappa shape index (κ3) is 9.89. The van der Waals surface area contributed by atoms with Crippen molar-refractivity contribution >= 4 is 5.84 Å². The first kappa shape index (κ1) is 15.3. The molecule has 96 valence electrons. The van der Waals surface area contributed by atoms with E-state index in [9.17, 15) is 0 Å². The lowest BCUT2D eigenvalue weighted by Crippen LogP contribution is -2.31. The largest absolute Gasteiger partial charge is 0.388 e. The summed E-state index contributed by atoms with van der Waals surface area (Å²) in [6.07, 6.45) is 1.58. The van der Waals surface area contributed by atoms with Gasteiger partial charge < -0.3 is 20.1 Å². The Morgan fingerprint density at radius 1 is 1.25 bits per heavy atom. The highest BCUT2D eigenvalue weighted by Gasteiger charge is 2.02. The second-order valence-corrected chi connectivity index (χ2v) is 3.67. The minimum Gasteiger partial charge on any atom is -0.388 e. The Morgan fingerprint density at radius 3 is 2.56 bits per heavy atom. The van der Waals surface area contributed by atoms with E-state index in [1.807, 2.05) is 0 Å². The van der Waals surface area contributed by atoms with E-state index in [-0.39, 0.29) is 5.84 Å². The molecule has 0 atom stereocenters. The van der Waals surface area contributed by atoms with Crippen LogP contribution < -0.4 is 5.73 Å². The van der Waals surface area contributed by atoms with E-state index in [2.05, 4.69) is 11.8 Å². The van der Waals surface area contributed by atoms with Crippen LogP contribution in [0.2, 0.25) is 0 Å². The van der Waals surface area contributed by atoms with Crippen LogP contribution in [-0.4, -0.2) is 57.3 Å². The van der Waals surface area contributed by atoms with Gasteiger partial charge in [-0.1, -0.05) is 6.92 Å². The molecule has 0 aliphatic carbocycles. The summed E-state index contributed by atoms with van der Waals surface area (Å²) in [7, 11) is 1.70. The second-order valence-electron chi connectivity index (χ2n) is 3.67. The van der Waals surface area contributed by atoms with Gasteiger partial charge in [0.05, 0.1) is 12.4 Å². The average Bonchev–Trinajstić information content (AvgIpc) is 2.27. The highest BCUT2D eigenvalue weighted by molar-refractivity contribution is 5.76. The van der Waals surface area contributed by atoms with Gasteiger partial charge >= 0.3 is 0 Å². The number of hydrogen-bond donors (Lipinski definition) is 2. The SMILES string of the molecule is CCN(CCOCCCOC)CCC(=N)N. The number of hydrogen-bond acceptors (Lipinski definition) is 4. The fourth-order valence-corrected chi connectivity index (χ4v) is 1.31. The highest BCUT2D eigenvalue weighted by Crippen LogP contribution is 1.92. The van der Waals surface area contributed by atoms with Crippen LogP contribution in [0.4, 0.5) is 0 Å². The molecule has 0 aromatic carbocycles. The zero-order chi connectivity index (χ0) is 12.2. The zero-order valence-corrected chi connectivity index (χ0v) is 10.5. The number of methoxy groups -OCH3 is 1. The summed E-state index contributed by atoms with van der Waals surface area (Å²) in [5, 5.41) is 7.16. The molecule has 0 amide bonds. The lowest BCUT2D eigenvalue weighted by Gasteiger charge is -2.19. The number of ether oxygens (including phenoxy) is 2. The maximum atomic E-state index is 7.16. The fraction of sp³-hybridized carbons (Fsp3) is 0.909. The van der Waals surface area contributed by atoms with E-state index in [0.717, 1.165) is 45.9 Å². The van der Waals surface area contributed by atoms with Crippen molar-refractivity contribution in [2.24, 2.45) is 5.73 Å². The van der Waals surface area contributed by atoms with E-state index in [0.29, 0.717) is 6.42 Å². The van der Waals surface area contributed by atoms with Crippen molar-refractivity contribution in [2.75, 3.05) is 46.6 Å². The third-order valence-corrected chi connectivity index (χ3v) is 2.33. The smallest absolute Gasteiger partial charge is 0.0918 e. The normalized spacial score (nSPS) is 10.9. The molecule has 0 saturated carbocycles. The molecule has 0 rings (SSSR count). The standard InChI is InChI=1S/C11H25N3O2/c1-3-14(6-5-11(12)13)7-10-16-9-4-8-15-2/h3-10H2,1-2H3,(H3,12,13). The summed E-state index contributed by atoms with van der Waals surface area (Å²) in [4.78, 5) is 2.23. The number of nitrogens with zero attached hydrogens (tertiary/aromatic N) is 1. The van der Waals surface area contributed by atoms with E-state index in [4.69, 9.17) is 20.6 Å². The van der Waals surface area contributed by atoms with Crippen LogP contribution in [-0.2, 0) is 9.47 Å². The Morgan fingerprint density at radius 2 is 2.00 bits per heavy atom. The van der Waals surface area contributed by atoms with Gasteiger partial charge in [0.2, 0.25) is 0 Å². The van der Waals surface area contributed by atoms with Gasteiger partial charge in [0.25, 0.3) is 0 Å². The van der Waals surface area contributed by atoms with Crippen molar-refractivity contribution in [3.63, 3.8) is 0 Å². The second kappa shape index (κ2) is 10.9. The van der Waals surface area contributed by atoms with Gasteiger partial charge in [-0.25, -0.2) is 0 Å². The molecule has 0 unspecified atom stereocenters. The van der Waals surface area contributed by atoms with Gasteiger partial charge in [0.1, 0.15) is 0 Å². The number of amidine groups is 1. The molecule has 3 N–H and O–H groups in total. The Balaban J connectivity index is 3.37. The first-order chi connectivity index (χ1) is 7.70. The summed E-state index contributed by atoms with van der Waals surface area (Å²) in [5.41, 5.74) is 5.32. The van der Waals surface area contributed by atoms with Gasteiger partial charge in [-0.3, -0.25) is 5.41 Å². The Bertz CT molecular complexity index is 177. The molecule has 16 heavy (non-hydrogen) atoms. The predicted octanol–water partition coefficient (Wildman–Crippen LogP) is 0.687. The van der Waals surface area contributed by atoms with Crippen molar-refractivity contribution in [3.8, 4) is 0 Å². The van der Waals surface area contributed by atoms with Crippen LogP contribution in [0.3, 0.4) is 0 Å². The highest BCUT2D eigenvalue weighted by atomic mass is 16.5. The molecular weight excluding hydrogens is 206 g/mol. The van der Waals surface area contributed by atoms with Crippen LogP contribution in [0, 0.1) is 5.41 Å². The average molecular weight is 231 g/mol. The molecule has 0 spiro atoms. The molecule has 0 heterocycles. The van der Waals surface area contributed by atoms with Gasteiger partial charge in [-0.2, -0.15) is 0 Å². The molecule has 0 saturated heterocycles. The van der Waals surface area contributed by atoms with Crippen molar-refractivity contribution < 1.29 is 9.47 Å². The molecule has 0 aliphatic heterocycles. The third-order valence-electron chi connectivity index (χ3n) is 2.33. The molecule has 5 nitrogen and oxygen atoms in total. The molecule has 0 bridgehead atoms. The molecule has 5 heteroatoms. The van der Waals surface area contributed by atoms with Crippen LogP contribution in [0.1, 0.15) is 19.8 Å². The summed E-state index contributed by atoms with van der Waals surface area (Å²) in [5.74, 6) is 0.250. The number of rotatable bonds is 11. The summed E-state index contributed by atoms with van der Waals surface area (Å²) < 4.78 is 10.4. The van der Waals surface area contributed by atoms with Gasteiger partial charge in [0.15, 0.2) is 0 Å². The summed E-state index contributed by atoms with van der Waals surface area (Å²) in [6.45, 7) is 7.04. The van der Waals surface area contributed by atoms with Crippen LogP contribution >= 0.6 is 0 Å². The molecular formula is C11H25N3O2. The minimum atomic E-state index is 0.250. The Hall–Kier alpha value is -0.650. The molecule has 0 aromatic rings. The van der Waals surface area contributed by atoms with E-state index < -0.39 is 0 Å². The van der Waals surface area contributed by atoms with Crippen LogP contribution in [0.5, 0.6) is 0 Å². The first-order valence-corrected chi connectivity index (χ1v) is 5.82. The minimum absolute atomic E-state index is 0.250. The van der Waals surface area contributed by atoms with Crippen molar-refractivity contribution in [3.05, 3.63) is 0 Å². The monoisotopic (exact) mass is 231 g/mol. The summed E-state index contributed by atoms with van der Waals surface area (Å²) >= 11 is 0. The van der Waals surface area contributed by atoms with Gasteiger partial charge in [-0.05, 0) is 13.0 Å².